The van der Waals surface area contributed by atoms with Crippen molar-refractivity contribution in [2.75, 3.05) is 19.7 Å². The maximum atomic E-state index is 13.5. The van der Waals surface area contributed by atoms with Crippen molar-refractivity contribution in [3.05, 3.63) is 30.1 Å². The Kier molecular flexibility index (Phi) is 4.13. The summed E-state index contributed by atoms with van der Waals surface area (Å²) in [7, 11) is 0. The molecule has 0 aliphatic carbocycles. The molecule has 0 radical (unpaired) electrons. The molecule has 1 atom stereocenters. The lowest BCUT2D eigenvalue weighted by Crippen LogP contribution is -2.49. The summed E-state index contributed by atoms with van der Waals surface area (Å²) in [5.74, 6) is -0.286. The van der Waals surface area contributed by atoms with Crippen LogP contribution in [-0.2, 0) is 9.53 Å². The van der Waals surface area contributed by atoms with Crippen LogP contribution in [0.4, 0.5) is 9.18 Å². The average molecular weight is 308 g/mol. The Morgan fingerprint density at radius 1 is 1.32 bits per heavy atom. The second-order valence-electron chi connectivity index (χ2n) is 5.37. The minimum absolute atomic E-state index is 0.0727. The van der Waals surface area contributed by atoms with Crippen LogP contribution in [0, 0.1) is 5.82 Å². The summed E-state index contributed by atoms with van der Waals surface area (Å²) in [5.41, 5.74) is 0. The van der Waals surface area contributed by atoms with Gasteiger partial charge in [0.25, 0.3) is 0 Å². The number of carbonyl (C=O) groups is 2. The fraction of sp³-hybridized carbons (Fsp3) is 0.467. The van der Waals surface area contributed by atoms with Crippen LogP contribution in [0.25, 0.3) is 0 Å². The zero-order valence-electron chi connectivity index (χ0n) is 12.0. The number of rotatable bonds is 3. The molecule has 2 aliphatic heterocycles. The highest BCUT2D eigenvalue weighted by Crippen LogP contribution is 2.22. The number of alkyl carbamates (subject to hydrolysis) is 1. The van der Waals surface area contributed by atoms with E-state index in [1.54, 1.807) is 23.1 Å². The van der Waals surface area contributed by atoms with Gasteiger partial charge in [-0.2, -0.15) is 0 Å². The number of benzene rings is 1. The number of hydrogen-bond acceptors (Lipinski definition) is 4. The fourth-order valence-electron chi connectivity index (χ4n) is 2.65. The lowest BCUT2D eigenvalue weighted by atomic mass is 10.1. The van der Waals surface area contributed by atoms with Crippen molar-refractivity contribution in [3.63, 3.8) is 0 Å². The molecule has 0 aromatic heterocycles. The molecule has 1 N–H and O–H groups in total. The average Bonchev–Trinajstić information content (AvgIpc) is 2.96. The maximum Gasteiger partial charge on any atom is 0.407 e. The van der Waals surface area contributed by atoms with Gasteiger partial charge in [0.05, 0.1) is 0 Å². The highest BCUT2D eigenvalue weighted by atomic mass is 19.1. The smallest absolute Gasteiger partial charge is 0.407 e. The topological polar surface area (TPSA) is 67.9 Å². The van der Waals surface area contributed by atoms with E-state index in [0.29, 0.717) is 25.9 Å². The number of carbonyl (C=O) groups excluding carboxylic acids is 2. The number of nitrogens with one attached hydrogen (secondary N) is 1. The molecule has 3 rings (SSSR count). The Labute approximate surface area is 127 Å². The van der Waals surface area contributed by atoms with Crippen LogP contribution in [0.1, 0.15) is 12.8 Å². The van der Waals surface area contributed by atoms with E-state index >= 15 is 0 Å². The summed E-state index contributed by atoms with van der Waals surface area (Å²) in [6, 6.07) is 5.69. The lowest BCUT2D eigenvalue weighted by molar-refractivity contribution is -0.134. The van der Waals surface area contributed by atoms with Crippen LogP contribution in [-0.4, -0.2) is 48.7 Å². The highest BCUT2D eigenvalue weighted by Gasteiger charge is 2.34. The van der Waals surface area contributed by atoms with Gasteiger partial charge in [0, 0.05) is 25.9 Å². The van der Waals surface area contributed by atoms with E-state index in [4.69, 9.17) is 9.47 Å². The quantitative estimate of drug-likeness (QED) is 0.914. The van der Waals surface area contributed by atoms with Crippen LogP contribution in [0.15, 0.2) is 24.3 Å². The zero-order valence-corrected chi connectivity index (χ0v) is 12.0. The van der Waals surface area contributed by atoms with Crippen LogP contribution in [0.3, 0.4) is 0 Å². The van der Waals surface area contributed by atoms with Gasteiger partial charge in [0.2, 0.25) is 5.91 Å². The molecule has 2 heterocycles. The highest BCUT2D eigenvalue weighted by molar-refractivity contribution is 5.87. The largest absolute Gasteiger partial charge is 0.487 e. The van der Waals surface area contributed by atoms with E-state index < -0.39 is 12.1 Å². The first kappa shape index (κ1) is 14.6. The molecule has 2 aliphatic rings. The first-order valence-corrected chi connectivity index (χ1v) is 7.27. The summed E-state index contributed by atoms with van der Waals surface area (Å²) in [4.78, 5) is 24.8. The third kappa shape index (κ3) is 3.13. The summed E-state index contributed by atoms with van der Waals surface area (Å²) < 4.78 is 23.9. The van der Waals surface area contributed by atoms with E-state index in [1.807, 2.05) is 0 Å². The number of hydrogen-bond donors (Lipinski definition) is 1. The molecular weight excluding hydrogens is 291 g/mol. The summed E-state index contributed by atoms with van der Waals surface area (Å²) >= 11 is 0. The third-order valence-corrected chi connectivity index (χ3v) is 3.86. The van der Waals surface area contributed by atoms with Gasteiger partial charge >= 0.3 is 6.09 Å². The molecule has 2 fully saturated rings. The van der Waals surface area contributed by atoms with E-state index in [0.717, 1.165) is 0 Å². The van der Waals surface area contributed by atoms with Crippen molar-refractivity contribution in [3.8, 4) is 5.75 Å². The molecular formula is C15H17FN2O4. The van der Waals surface area contributed by atoms with Gasteiger partial charge in [-0.05, 0) is 12.1 Å². The number of nitrogens with zero attached hydrogens (tertiary/aromatic N) is 1. The predicted molar refractivity (Wildman–Crippen MR) is 74.9 cm³/mol. The standard InChI is InChI=1S/C15H17FN2O4/c16-11-3-1-2-4-13(11)22-10-5-7-18(8-6-10)14(19)12-9-21-15(20)17-12/h1-4,10,12H,5-9H2,(H,17,20)/t12-/m0/s1. The molecule has 0 saturated carbocycles. The van der Waals surface area contributed by atoms with E-state index in [2.05, 4.69) is 5.32 Å². The number of halogens is 1. The Morgan fingerprint density at radius 3 is 2.68 bits per heavy atom. The normalized spacial score (nSPS) is 22.1. The fourth-order valence-corrected chi connectivity index (χ4v) is 2.65. The molecule has 6 nitrogen and oxygen atoms in total. The number of ether oxygens (including phenoxy) is 2. The number of para-hydroxylation sites is 1. The van der Waals surface area contributed by atoms with Crippen LogP contribution >= 0.6 is 0 Å². The van der Waals surface area contributed by atoms with Crippen molar-refractivity contribution >= 4 is 12.0 Å². The molecule has 1 aromatic rings. The molecule has 0 spiro atoms. The SMILES string of the molecule is O=C1N[C@H](C(=O)N2CCC(Oc3ccccc3F)CC2)CO1. The monoisotopic (exact) mass is 308 g/mol. The molecule has 7 heteroatoms. The summed E-state index contributed by atoms with van der Waals surface area (Å²) in [6.07, 6.45) is 0.579. The molecule has 22 heavy (non-hydrogen) atoms. The van der Waals surface area contributed by atoms with Crippen LogP contribution < -0.4 is 10.1 Å². The Morgan fingerprint density at radius 2 is 2.05 bits per heavy atom. The van der Waals surface area contributed by atoms with Gasteiger partial charge in [-0.3, -0.25) is 4.79 Å². The number of cyclic esters (lactones) is 1. The van der Waals surface area contributed by atoms with Gasteiger partial charge in [-0.1, -0.05) is 12.1 Å². The lowest BCUT2D eigenvalue weighted by Gasteiger charge is -2.33. The van der Waals surface area contributed by atoms with Gasteiger partial charge in [0.1, 0.15) is 18.8 Å². The van der Waals surface area contributed by atoms with Crippen LogP contribution in [0.5, 0.6) is 5.75 Å². The third-order valence-electron chi connectivity index (χ3n) is 3.86. The Bertz CT molecular complexity index is 572. The summed E-state index contributed by atoms with van der Waals surface area (Å²) in [5, 5.41) is 2.48. The summed E-state index contributed by atoms with van der Waals surface area (Å²) in [6.45, 7) is 1.11. The van der Waals surface area contributed by atoms with Crippen molar-refractivity contribution in [2.45, 2.75) is 25.0 Å². The van der Waals surface area contributed by atoms with Gasteiger partial charge < -0.3 is 19.7 Å². The molecule has 1 aromatic carbocycles. The second-order valence-corrected chi connectivity index (χ2v) is 5.37. The minimum atomic E-state index is -0.600. The molecule has 118 valence electrons. The van der Waals surface area contributed by atoms with Crippen molar-refractivity contribution in [2.24, 2.45) is 0 Å². The minimum Gasteiger partial charge on any atom is -0.487 e. The van der Waals surface area contributed by atoms with E-state index in [1.165, 1.54) is 6.07 Å². The molecule has 2 saturated heterocycles. The number of piperidine rings is 1. The van der Waals surface area contributed by atoms with E-state index in [9.17, 15) is 14.0 Å². The molecule has 0 bridgehead atoms. The predicted octanol–water partition coefficient (Wildman–Crippen LogP) is 1.30. The van der Waals surface area contributed by atoms with Gasteiger partial charge in [0.15, 0.2) is 11.6 Å². The maximum absolute atomic E-state index is 13.5. The molecule has 2 amide bonds. The van der Waals surface area contributed by atoms with E-state index in [-0.39, 0.29) is 30.2 Å². The van der Waals surface area contributed by atoms with Crippen molar-refractivity contribution < 1.29 is 23.5 Å². The zero-order chi connectivity index (χ0) is 15.5. The number of amides is 2. The first-order valence-electron chi connectivity index (χ1n) is 7.27. The van der Waals surface area contributed by atoms with Crippen LogP contribution in [0.2, 0.25) is 0 Å². The molecule has 0 unspecified atom stereocenters. The number of likely N-dealkylation sites (tertiary alicyclic amines) is 1. The first-order chi connectivity index (χ1) is 10.6. The Balaban J connectivity index is 1.51. The van der Waals surface area contributed by atoms with Gasteiger partial charge in [-0.15, -0.1) is 0 Å². The Hall–Kier alpha value is -2.31. The van der Waals surface area contributed by atoms with Gasteiger partial charge in [-0.25, -0.2) is 9.18 Å². The van der Waals surface area contributed by atoms with Crippen molar-refractivity contribution in [1.82, 2.24) is 10.2 Å². The van der Waals surface area contributed by atoms with Crippen molar-refractivity contribution in [1.29, 1.82) is 0 Å². The second kappa shape index (κ2) is 6.21.